The molecule has 0 bridgehead atoms. The Labute approximate surface area is 112 Å². The van der Waals surface area contributed by atoms with Gasteiger partial charge in [-0.25, -0.2) is 4.79 Å². The number of carbonyl (C=O) groups is 2. The van der Waals surface area contributed by atoms with Crippen molar-refractivity contribution in [1.82, 2.24) is 4.90 Å². The highest BCUT2D eigenvalue weighted by atomic mass is 16.8. The summed E-state index contributed by atoms with van der Waals surface area (Å²) >= 11 is 0. The van der Waals surface area contributed by atoms with E-state index >= 15 is 0 Å². The third-order valence-electron chi connectivity index (χ3n) is 4.29. The summed E-state index contributed by atoms with van der Waals surface area (Å²) in [5.41, 5.74) is 0.807. The summed E-state index contributed by atoms with van der Waals surface area (Å²) in [4.78, 5) is 25.1. The van der Waals surface area contributed by atoms with E-state index in [1.54, 1.807) is 0 Å². The fraction of sp³-hybridized carbons (Fsp3) is 0.714. The molecule has 19 heavy (non-hydrogen) atoms. The molecule has 2 aliphatic heterocycles. The molecule has 5 nitrogen and oxygen atoms in total. The van der Waals surface area contributed by atoms with Crippen molar-refractivity contribution in [3.05, 3.63) is 11.6 Å². The van der Waals surface area contributed by atoms with Crippen LogP contribution in [0, 0.1) is 0 Å². The molecule has 1 aliphatic carbocycles. The van der Waals surface area contributed by atoms with Crippen molar-refractivity contribution in [1.29, 1.82) is 0 Å². The monoisotopic (exact) mass is 265 g/mol. The van der Waals surface area contributed by atoms with Crippen LogP contribution in [0.1, 0.15) is 38.5 Å². The van der Waals surface area contributed by atoms with E-state index in [-0.39, 0.29) is 5.91 Å². The summed E-state index contributed by atoms with van der Waals surface area (Å²) in [6.45, 7) is 1.64. The molecule has 2 heterocycles. The van der Waals surface area contributed by atoms with E-state index in [0.29, 0.717) is 39.0 Å². The average Bonchev–Trinajstić information content (AvgIpc) is 3.01. The number of ether oxygens (including phenoxy) is 2. The highest BCUT2D eigenvalue weighted by Gasteiger charge is 2.45. The Kier molecular flexibility index (Phi) is 3.21. The first-order valence-electron chi connectivity index (χ1n) is 6.98. The Morgan fingerprint density at radius 2 is 2.16 bits per heavy atom. The molecule has 0 unspecified atom stereocenters. The lowest BCUT2D eigenvalue weighted by atomic mass is 9.92. The smallest absolute Gasteiger partial charge is 0.430 e. The molecule has 0 aromatic rings. The third kappa shape index (κ3) is 2.60. The number of allylic oxidation sites excluding steroid dienone is 1. The van der Waals surface area contributed by atoms with Gasteiger partial charge in [-0.2, -0.15) is 0 Å². The van der Waals surface area contributed by atoms with Crippen LogP contribution in [0.25, 0.3) is 0 Å². The zero-order chi connectivity index (χ0) is 13.3. The summed E-state index contributed by atoms with van der Waals surface area (Å²) in [5.74, 6) is 0.202. The number of likely N-dealkylation sites (tertiary alicyclic amines) is 1. The Balaban J connectivity index is 1.52. The lowest BCUT2D eigenvalue weighted by molar-refractivity contribution is -0.133. The van der Waals surface area contributed by atoms with Crippen LogP contribution in [0.15, 0.2) is 11.6 Å². The summed E-state index contributed by atoms with van der Waals surface area (Å²) in [6.07, 6.45) is 6.90. The van der Waals surface area contributed by atoms with Crippen LogP contribution in [0.4, 0.5) is 4.79 Å². The van der Waals surface area contributed by atoms with Crippen molar-refractivity contribution in [2.24, 2.45) is 0 Å². The first kappa shape index (κ1) is 12.5. The molecule has 1 amide bonds. The van der Waals surface area contributed by atoms with Gasteiger partial charge in [-0.3, -0.25) is 4.79 Å². The molecule has 0 saturated carbocycles. The van der Waals surface area contributed by atoms with Gasteiger partial charge >= 0.3 is 6.16 Å². The molecule has 0 radical (unpaired) electrons. The topological polar surface area (TPSA) is 55.8 Å². The highest BCUT2D eigenvalue weighted by molar-refractivity contribution is 5.79. The first-order chi connectivity index (χ1) is 9.17. The minimum atomic E-state index is -0.573. The van der Waals surface area contributed by atoms with Gasteiger partial charge in [-0.1, -0.05) is 11.6 Å². The second kappa shape index (κ2) is 4.87. The second-order valence-electron chi connectivity index (χ2n) is 5.64. The molecule has 2 fully saturated rings. The highest BCUT2D eigenvalue weighted by Crippen LogP contribution is 2.32. The number of cyclic esters (lactones) is 1. The van der Waals surface area contributed by atoms with Gasteiger partial charge in [0.15, 0.2) is 5.60 Å². The van der Waals surface area contributed by atoms with Gasteiger partial charge in [0.05, 0.1) is 0 Å². The quantitative estimate of drug-likeness (QED) is 0.566. The summed E-state index contributed by atoms with van der Waals surface area (Å²) < 4.78 is 10.1. The minimum absolute atomic E-state index is 0.202. The van der Waals surface area contributed by atoms with E-state index in [2.05, 4.69) is 6.08 Å². The van der Waals surface area contributed by atoms with Crippen LogP contribution in [0.3, 0.4) is 0 Å². The standard InChI is InChI=1S/C14H19NO4/c16-12(9-11-3-1-2-4-11)15-7-5-14(6-8-15)10-18-13(17)19-14/h3H,1-2,4-10H2. The van der Waals surface area contributed by atoms with Gasteiger partial charge in [0.2, 0.25) is 5.91 Å². The van der Waals surface area contributed by atoms with Gasteiger partial charge < -0.3 is 14.4 Å². The van der Waals surface area contributed by atoms with Crippen LogP contribution in [-0.4, -0.2) is 42.3 Å². The summed E-state index contributed by atoms with van der Waals surface area (Å²) in [7, 11) is 0. The Morgan fingerprint density at radius 1 is 1.37 bits per heavy atom. The van der Waals surface area contributed by atoms with E-state index in [9.17, 15) is 9.59 Å². The number of carbonyl (C=O) groups excluding carboxylic acids is 2. The maximum Gasteiger partial charge on any atom is 0.509 e. The number of hydrogen-bond donors (Lipinski definition) is 0. The molecular formula is C14H19NO4. The van der Waals surface area contributed by atoms with Crippen LogP contribution < -0.4 is 0 Å². The van der Waals surface area contributed by atoms with Crippen LogP contribution in [0.5, 0.6) is 0 Å². The molecule has 104 valence electrons. The molecule has 3 rings (SSSR count). The Bertz CT molecular complexity index is 421. The number of amides is 1. The minimum Gasteiger partial charge on any atom is -0.430 e. The largest absolute Gasteiger partial charge is 0.509 e. The van der Waals surface area contributed by atoms with E-state index in [1.165, 1.54) is 12.0 Å². The fourth-order valence-corrected chi connectivity index (χ4v) is 3.04. The number of hydrogen-bond acceptors (Lipinski definition) is 4. The van der Waals surface area contributed by atoms with Gasteiger partial charge in [0.1, 0.15) is 6.61 Å². The number of nitrogens with zero attached hydrogens (tertiary/aromatic N) is 1. The van der Waals surface area contributed by atoms with Crippen molar-refractivity contribution < 1.29 is 19.1 Å². The van der Waals surface area contributed by atoms with Crippen molar-refractivity contribution in [3.63, 3.8) is 0 Å². The van der Waals surface area contributed by atoms with Crippen molar-refractivity contribution in [3.8, 4) is 0 Å². The molecule has 5 heteroatoms. The van der Waals surface area contributed by atoms with Crippen LogP contribution >= 0.6 is 0 Å². The molecule has 0 aromatic heterocycles. The molecule has 2 saturated heterocycles. The van der Waals surface area contributed by atoms with Crippen LogP contribution in [0.2, 0.25) is 0 Å². The first-order valence-corrected chi connectivity index (χ1v) is 6.98. The average molecular weight is 265 g/mol. The lowest BCUT2D eigenvalue weighted by Crippen LogP contribution is -2.48. The Morgan fingerprint density at radius 3 is 2.74 bits per heavy atom. The summed E-state index contributed by atoms with van der Waals surface area (Å²) in [5, 5.41) is 0. The predicted octanol–water partition coefficient (Wildman–Crippen LogP) is 2.01. The predicted molar refractivity (Wildman–Crippen MR) is 67.5 cm³/mol. The maximum absolute atomic E-state index is 12.2. The molecule has 0 aromatic carbocycles. The van der Waals surface area contributed by atoms with Crippen LogP contribution in [-0.2, 0) is 14.3 Å². The molecular weight excluding hydrogens is 246 g/mol. The van der Waals surface area contributed by atoms with Gasteiger partial charge in [0.25, 0.3) is 0 Å². The van der Waals surface area contributed by atoms with Gasteiger partial charge in [-0.05, 0) is 19.3 Å². The van der Waals surface area contributed by atoms with E-state index in [0.717, 1.165) is 12.8 Å². The van der Waals surface area contributed by atoms with E-state index < -0.39 is 11.8 Å². The molecule has 3 aliphatic rings. The number of piperidine rings is 1. The molecule has 1 spiro atoms. The third-order valence-corrected chi connectivity index (χ3v) is 4.29. The van der Waals surface area contributed by atoms with Crippen molar-refractivity contribution >= 4 is 12.1 Å². The SMILES string of the molecule is O=C1OCC2(CCN(C(=O)CC3=CCCC3)CC2)O1. The van der Waals surface area contributed by atoms with Gasteiger partial charge in [-0.15, -0.1) is 0 Å². The zero-order valence-electron chi connectivity index (χ0n) is 11.0. The molecule has 0 N–H and O–H groups in total. The van der Waals surface area contributed by atoms with E-state index in [4.69, 9.17) is 9.47 Å². The second-order valence-corrected chi connectivity index (χ2v) is 5.64. The zero-order valence-corrected chi connectivity index (χ0v) is 11.0. The normalized spacial score (nSPS) is 25.2. The maximum atomic E-state index is 12.2. The summed E-state index contributed by atoms with van der Waals surface area (Å²) in [6, 6.07) is 0. The van der Waals surface area contributed by atoms with E-state index in [1.807, 2.05) is 4.90 Å². The fourth-order valence-electron chi connectivity index (χ4n) is 3.04. The Hall–Kier alpha value is -1.52. The van der Waals surface area contributed by atoms with Crippen molar-refractivity contribution in [2.75, 3.05) is 19.7 Å². The number of rotatable bonds is 2. The van der Waals surface area contributed by atoms with Gasteiger partial charge in [0, 0.05) is 32.4 Å². The lowest BCUT2D eigenvalue weighted by Gasteiger charge is -2.36. The van der Waals surface area contributed by atoms with Crippen molar-refractivity contribution in [2.45, 2.75) is 44.1 Å². The molecule has 0 atom stereocenters.